The van der Waals surface area contributed by atoms with Crippen molar-refractivity contribution in [3.8, 4) is 0 Å². The molecule has 0 heterocycles. The van der Waals surface area contributed by atoms with Crippen LogP contribution in [0, 0.1) is 11.8 Å². The summed E-state index contributed by atoms with van der Waals surface area (Å²) < 4.78 is 62.3. The van der Waals surface area contributed by atoms with E-state index in [1.165, 1.54) is 0 Å². The lowest BCUT2D eigenvalue weighted by atomic mass is 9.81. The molecule has 1 fully saturated rings. The van der Waals surface area contributed by atoms with Gasteiger partial charge >= 0.3 is 6.18 Å². The molecule has 1 saturated carbocycles. The van der Waals surface area contributed by atoms with Gasteiger partial charge in [0.05, 0.1) is 12.5 Å². The fourth-order valence-electron chi connectivity index (χ4n) is 2.49. The number of hydrogen-bond donors (Lipinski definition) is 0. The molecule has 2 nitrogen and oxygen atoms in total. The van der Waals surface area contributed by atoms with Crippen molar-refractivity contribution in [2.24, 2.45) is 11.8 Å². The van der Waals surface area contributed by atoms with Gasteiger partial charge in [0.1, 0.15) is 0 Å². The van der Waals surface area contributed by atoms with Gasteiger partial charge in [-0.2, -0.15) is 13.2 Å². The highest BCUT2D eigenvalue weighted by molar-refractivity contribution is 6.18. The first-order valence-electron chi connectivity index (χ1n) is 6.45. The zero-order valence-electron chi connectivity index (χ0n) is 10.8. The van der Waals surface area contributed by atoms with Gasteiger partial charge in [-0.25, -0.2) is 8.78 Å². The Labute approximate surface area is 119 Å². The molecule has 0 aromatic carbocycles. The van der Waals surface area contributed by atoms with Crippen molar-refractivity contribution in [2.45, 2.75) is 38.3 Å². The first kappa shape index (κ1) is 17.5. The summed E-state index contributed by atoms with van der Waals surface area (Å²) in [5.41, 5.74) is 0. The number of carbonyl (C=O) groups is 1. The molecule has 0 N–H and O–H groups in total. The van der Waals surface area contributed by atoms with Gasteiger partial charge in [0.15, 0.2) is 0 Å². The first-order valence-corrected chi connectivity index (χ1v) is 6.98. The predicted molar refractivity (Wildman–Crippen MR) is 64.8 cm³/mol. The van der Waals surface area contributed by atoms with Crippen LogP contribution in [0.5, 0.6) is 0 Å². The summed E-state index contributed by atoms with van der Waals surface area (Å²) in [4.78, 5) is 13.0. The molecule has 118 valence electrons. The van der Waals surface area contributed by atoms with Crippen molar-refractivity contribution < 1.29 is 26.7 Å². The molecule has 1 aliphatic rings. The average molecular weight is 322 g/mol. The van der Waals surface area contributed by atoms with Crippen molar-refractivity contribution >= 4 is 17.5 Å². The second kappa shape index (κ2) is 7.43. The van der Waals surface area contributed by atoms with Crippen LogP contribution in [0.3, 0.4) is 0 Å². The van der Waals surface area contributed by atoms with Gasteiger partial charge in [-0.3, -0.25) is 4.79 Å². The van der Waals surface area contributed by atoms with Gasteiger partial charge in [0, 0.05) is 18.3 Å². The van der Waals surface area contributed by atoms with E-state index in [2.05, 4.69) is 0 Å². The minimum atomic E-state index is -4.24. The number of amides is 1. The molecule has 1 aliphatic carbocycles. The Morgan fingerprint density at radius 1 is 1.20 bits per heavy atom. The second-order valence-corrected chi connectivity index (χ2v) is 5.33. The van der Waals surface area contributed by atoms with E-state index in [0.29, 0.717) is 0 Å². The maximum absolute atomic E-state index is 12.5. The molecule has 1 amide bonds. The summed E-state index contributed by atoms with van der Waals surface area (Å²) in [6.45, 7) is -0.727. The lowest BCUT2D eigenvalue weighted by Gasteiger charge is -2.32. The molecule has 0 aromatic heterocycles. The van der Waals surface area contributed by atoms with E-state index in [1.54, 1.807) is 0 Å². The summed E-state index contributed by atoms with van der Waals surface area (Å²) in [5.74, 6) is -2.47. The highest BCUT2D eigenvalue weighted by Crippen LogP contribution is 2.39. The van der Waals surface area contributed by atoms with Crippen LogP contribution in [0.4, 0.5) is 22.0 Å². The minimum Gasteiger partial charge on any atom is -0.336 e. The Morgan fingerprint density at radius 3 is 2.15 bits per heavy atom. The second-order valence-electron chi connectivity index (χ2n) is 4.95. The van der Waals surface area contributed by atoms with Gasteiger partial charge in [-0.1, -0.05) is 0 Å². The van der Waals surface area contributed by atoms with E-state index < -0.39 is 36.9 Å². The van der Waals surface area contributed by atoms with Crippen molar-refractivity contribution in [1.29, 1.82) is 0 Å². The Hall–Kier alpha value is -0.590. The van der Waals surface area contributed by atoms with E-state index in [1.807, 2.05) is 0 Å². The molecular formula is C12H17ClF5NO. The Morgan fingerprint density at radius 2 is 1.75 bits per heavy atom. The van der Waals surface area contributed by atoms with Crippen molar-refractivity contribution in [1.82, 2.24) is 4.90 Å². The van der Waals surface area contributed by atoms with Gasteiger partial charge in [0.2, 0.25) is 5.91 Å². The number of carbonyl (C=O) groups excluding carboxylic acids is 1. The van der Waals surface area contributed by atoms with E-state index in [-0.39, 0.29) is 38.1 Å². The highest BCUT2D eigenvalue weighted by Gasteiger charge is 2.43. The van der Waals surface area contributed by atoms with Gasteiger partial charge in [-0.15, -0.1) is 11.6 Å². The maximum atomic E-state index is 12.5. The van der Waals surface area contributed by atoms with Crippen molar-refractivity contribution in [3.05, 3.63) is 0 Å². The lowest BCUT2D eigenvalue weighted by Crippen LogP contribution is -2.42. The molecule has 0 unspecified atom stereocenters. The minimum absolute atomic E-state index is 0.00999. The summed E-state index contributed by atoms with van der Waals surface area (Å²) in [7, 11) is 0. The molecule has 0 spiro atoms. The molecule has 0 aromatic rings. The van der Waals surface area contributed by atoms with E-state index in [4.69, 9.17) is 11.6 Å². The number of alkyl halides is 6. The molecule has 0 aliphatic heterocycles. The zero-order chi connectivity index (χ0) is 15.3. The molecule has 0 bridgehead atoms. The van der Waals surface area contributed by atoms with Crippen LogP contribution < -0.4 is 0 Å². The summed E-state index contributed by atoms with van der Waals surface area (Å²) in [6.07, 6.45) is -6.98. The maximum Gasteiger partial charge on any atom is 0.391 e. The third kappa shape index (κ3) is 5.07. The van der Waals surface area contributed by atoms with E-state index in [9.17, 15) is 26.7 Å². The molecule has 8 heteroatoms. The number of hydrogen-bond acceptors (Lipinski definition) is 1. The molecule has 0 saturated heterocycles. The highest BCUT2D eigenvalue weighted by atomic mass is 35.5. The van der Waals surface area contributed by atoms with Crippen LogP contribution in [0.1, 0.15) is 25.7 Å². The fourth-order valence-corrected chi connectivity index (χ4v) is 2.69. The summed E-state index contributed by atoms with van der Waals surface area (Å²) in [5, 5.41) is 0. The molecular weight excluding hydrogens is 305 g/mol. The quantitative estimate of drug-likeness (QED) is 0.558. The monoisotopic (exact) mass is 321 g/mol. The van der Waals surface area contributed by atoms with E-state index >= 15 is 0 Å². The molecule has 1 rings (SSSR count). The Balaban J connectivity index is 2.55. The van der Waals surface area contributed by atoms with Crippen molar-refractivity contribution in [2.75, 3.05) is 19.0 Å². The van der Waals surface area contributed by atoms with Gasteiger partial charge in [0.25, 0.3) is 6.43 Å². The number of halogens is 6. The Bertz CT molecular complexity index is 315. The van der Waals surface area contributed by atoms with Gasteiger partial charge in [-0.05, 0) is 25.7 Å². The van der Waals surface area contributed by atoms with Crippen LogP contribution in [0.25, 0.3) is 0 Å². The summed E-state index contributed by atoms with van der Waals surface area (Å²) >= 11 is 5.46. The van der Waals surface area contributed by atoms with Crippen LogP contribution in [-0.2, 0) is 4.79 Å². The number of rotatable bonds is 5. The Kier molecular flexibility index (Phi) is 6.48. The molecule has 0 atom stereocenters. The normalized spacial score (nSPS) is 23.9. The van der Waals surface area contributed by atoms with Crippen LogP contribution in [0.2, 0.25) is 0 Å². The smallest absolute Gasteiger partial charge is 0.336 e. The largest absolute Gasteiger partial charge is 0.391 e. The lowest BCUT2D eigenvalue weighted by molar-refractivity contribution is -0.185. The summed E-state index contributed by atoms with van der Waals surface area (Å²) in [6, 6.07) is 0. The van der Waals surface area contributed by atoms with Crippen molar-refractivity contribution in [3.63, 3.8) is 0 Å². The zero-order valence-corrected chi connectivity index (χ0v) is 11.6. The van der Waals surface area contributed by atoms with Crippen LogP contribution in [0.15, 0.2) is 0 Å². The van der Waals surface area contributed by atoms with Gasteiger partial charge < -0.3 is 4.90 Å². The number of nitrogens with zero attached hydrogens (tertiary/aromatic N) is 1. The van der Waals surface area contributed by atoms with Crippen LogP contribution in [-0.4, -0.2) is 42.4 Å². The van der Waals surface area contributed by atoms with E-state index in [0.717, 1.165) is 4.90 Å². The average Bonchev–Trinajstić information content (AvgIpc) is 2.36. The van der Waals surface area contributed by atoms with Crippen LogP contribution >= 0.6 is 11.6 Å². The molecule has 20 heavy (non-hydrogen) atoms. The predicted octanol–water partition coefficient (Wildman–Crippen LogP) is 3.69. The first-order chi connectivity index (χ1) is 9.25. The molecule has 0 radical (unpaired) electrons. The third-order valence-electron chi connectivity index (χ3n) is 3.56. The topological polar surface area (TPSA) is 20.3 Å². The fraction of sp³-hybridized carbons (Fsp3) is 0.917. The standard InChI is InChI=1S/C12H17ClF5NO/c13-5-6-19(7-10(14)15)11(20)8-1-3-9(4-2-8)12(16,17)18/h8-10H,1-7H2. The third-order valence-corrected chi connectivity index (χ3v) is 3.73. The SMILES string of the molecule is O=C(C1CCC(C(F)(F)F)CC1)N(CCCl)CC(F)F.